The van der Waals surface area contributed by atoms with Crippen LogP contribution in [0.25, 0.3) is 0 Å². The standard InChI is InChI=1S/C10H15NO3S2/c12-8(10(1-2-10)9(13)14)11-5-7-6-15-3-4-16-7/h7H,1-6H2,(H,11,12)(H,13,14). The Hall–Kier alpha value is -0.360. The SMILES string of the molecule is O=C(O)C1(C(=O)NCC2CSCCS2)CC1. The number of rotatable bonds is 4. The van der Waals surface area contributed by atoms with Crippen molar-refractivity contribution in [3.05, 3.63) is 0 Å². The first-order valence-electron chi connectivity index (χ1n) is 5.36. The number of aliphatic carboxylic acids is 1. The second-order valence-electron chi connectivity index (χ2n) is 4.16. The van der Waals surface area contributed by atoms with Gasteiger partial charge in [-0.05, 0) is 12.8 Å². The van der Waals surface area contributed by atoms with E-state index in [-0.39, 0.29) is 5.91 Å². The van der Waals surface area contributed by atoms with Gasteiger partial charge in [0.1, 0.15) is 5.41 Å². The van der Waals surface area contributed by atoms with E-state index in [9.17, 15) is 9.59 Å². The number of carbonyl (C=O) groups excluding carboxylic acids is 1. The number of carboxylic acid groups (broad SMARTS) is 1. The topological polar surface area (TPSA) is 66.4 Å². The van der Waals surface area contributed by atoms with Crippen molar-refractivity contribution in [1.82, 2.24) is 5.32 Å². The molecule has 0 bridgehead atoms. The summed E-state index contributed by atoms with van der Waals surface area (Å²) < 4.78 is 0. The average Bonchev–Trinajstić information content (AvgIpc) is 3.08. The minimum atomic E-state index is -1.09. The monoisotopic (exact) mass is 261 g/mol. The molecule has 0 aromatic heterocycles. The Labute approximate surface area is 103 Å². The zero-order valence-electron chi connectivity index (χ0n) is 8.90. The third-order valence-corrected chi connectivity index (χ3v) is 5.81. The normalized spacial score (nSPS) is 27.1. The summed E-state index contributed by atoms with van der Waals surface area (Å²) in [5.74, 6) is 2.07. The minimum Gasteiger partial charge on any atom is -0.480 e. The summed E-state index contributed by atoms with van der Waals surface area (Å²) in [6.07, 6.45) is 0.974. The molecule has 4 nitrogen and oxygen atoms in total. The molecule has 1 amide bonds. The highest BCUT2D eigenvalue weighted by atomic mass is 32.2. The zero-order valence-corrected chi connectivity index (χ0v) is 10.5. The number of hydrogen-bond donors (Lipinski definition) is 2. The van der Waals surface area contributed by atoms with Crippen molar-refractivity contribution in [1.29, 1.82) is 0 Å². The van der Waals surface area contributed by atoms with Crippen LogP contribution in [-0.4, -0.2) is 46.0 Å². The lowest BCUT2D eigenvalue weighted by molar-refractivity contribution is -0.149. The first-order chi connectivity index (χ1) is 7.65. The molecule has 1 unspecified atom stereocenters. The molecular weight excluding hydrogens is 246 g/mol. The Bertz CT molecular complexity index is 298. The molecule has 0 aromatic rings. The molecular formula is C10H15NO3S2. The molecule has 6 heteroatoms. The summed E-state index contributed by atoms with van der Waals surface area (Å²) >= 11 is 3.76. The molecule has 1 aliphatic carbocycles. The maximum atomic E-state index is 11.7. The van der Waals surface area contributed by atoms with Gasteiger partial charge in [-0.25, -0.2) is 0 Å². The number of amides is 1. The Kier molecular flexibility index (Phi) is 3.69. The van der Waals surface area contributed by atoms with Crippen molar-refractivity contribution in [3.8, 4) is 0 Å². The molecule has 1 atom stereocenters. The van der Waals surface area contributed by atoms with E-state index < -0.39 is 11.4 Å². The molecule has 2 rings (SSSR count). The molecule has 0 radical (unpaired) electrons. The Morgan fingerprint density at radius 3 is 2.62 bits per heavy atom. The second-order valence-corrected chi connectivity index (χ2v) is 6.72. The maximum absolute atomic E-state index is 11.7. The van der Waals surface area contributed by atoms with Crippen LogP contribution in [-0.2, 0) is 9.59 Å². The summed E-state index contributed by atoms with van der Waals surface area (Å²) in [6, 6.07) is 0. The lowest BCUT2D eigenvalue weighted by Gasteiger charge is -2.22. The smallest absolute Gasteiger partial charge is 0.319 e. The van der Waals surface area contributed by atoms with E-state index in [2.05, 4.69) is 5.32 Å². The van der Waals surface area contributed by atoms with Gasteiger partial charge in [-0.3, -0.25) is 9.59 Å². The van der Waals surface area contributed by atoms with Gasteiger partial charge in [0.15, 0.2) is 0 Å². The van der Waals surface area contributed by atoms with Crippen LogP contribution < -0.4 is 5.32 Å². The van der Waals surface area contributed by atoms with Gasteiger partial charge in [0.2, 0.25) is 5.91 Å². The van der Waals surface area contributed by atoms with Crippen molar-refractivity contribution in [3.63, 3.8) is 0 Å². The molecule has 1 heterocycles. The molecule has 1 saturated carbocycles. The van der Waals surface area contributed by atoms with E-state index in [1.54, 1.807) is 0 Å². The second kappa shape index (κ2) is 4.87. The predicted molar refractivity (Wildman–Crippen MR) is 65.9 cm³/mol. The van der Waals surface area contributed by atoms with Crippen molar-refractivity contribution >= 4 is 35.4 Å². The van der Waals surface area contributed by atoms with Crippen molar-refractivity contribution in [2.45, 2.75) is 18.1 Å². The van der Waals surface area contributed by atoms with Gasteiger partial charge in [0.25, 0.3) is 0 Å². The number of carboxylic acids is 1. The number of carbonyl (C=O) groups is 2. The largest absolute Gasteiger partial charge is 0.480 e. The van der Waals surface area contributed by atoms with Crippen LogP contribution >= 0.6 is 23.5 Å². The van der Waals surface area contributed by atoms with Crippen LogP contribution in [0.3, 0.4) is 0 Å². The van der Waals surface area contributed by atoms with Crippen LogP contribution in [0.4, 0.5) is 0 Å². The highest BCUT2D eigenvalue weighted by Crippen LogP contribution is 2.46. The third kappa shape index (κ3) is 2.48. The van der Waals surface area contributed by atoms with Crippen LogP contribution in [0.15, 0.2) is 0 Å². The summed E-state index contributed by atoms with van der Waals surface area (Å²) in [5, 5.41) is 12.2. The van der Waals surface area contributed by atoms with E-state index >= 15 is 0 Å². The summed E-state index contributed by atoms with van der Waals surface area (Å²) in [7, 11) is 0. The molecule has 0 aromatic carbocycles. The quantitative estimate of drug-likeness (QED) is 0.733. The summed E-state index contributed by atoms with van der Waals surface area (Å²) in [4.78, 5) is 22.6. The van der Waals surface area contributed by atoms with E-state index in [1.807, 2.05) is 23.5 Å². The summed E-state index contributed by atoms with van der Waals surface area (Å²) in [5.41, 5.74) is -1.09. The molecule has 0 spiro atoms. The number of hydrogen-bond acceptors (Lipinski definition) is 4. The molecule has 2 aliphatic rings. The maximum Gasteiger partial charge on any atom is 0.319 e. The van der Waals surface area contributed by atoms with Crippen LogP contribution in [0.2, 0.25) is 0 Å². The number of thioether (sulfide) groups is 2. The molecule has 1 saturated heterocycles. The first kappa shape index (κ1) is 12.1. The van der Waals surface area contributed by atoms with Crippen LogP contribution in [0.5, 0.6) is 0 Å². The number of nitrogens with one attached hydrogen (secondary N) is 1. The molecule has 2 N–H and O–H groups in total. The van der Waals surface area contributed by atoms with Crippen molar-refractivity contribution < 1.29 is 14.7 Å². The van der Waals surface area contributed by atoms with Gasteiger partial charge < -0.3 is 10.4 Å². The fourth-order valence-corrected chi connectivity index (χ4v) is 4.31. The van der Waals surface area contributed by atoms with Crippen LogP contribution in [0, 0.1) is 5.41 Å². The molecule has 1 aliphatic heterocycles. The van der Waals surface area contributed by atoms with E-state index in [4.69, 9.17) is 5.11 Å². The first-order valence-corrected chi connectivity index (χ1v) is 7.56. The Morgan fingerprint density at radius 2 is 2.12 bits per heavy atom. The zero-order chi connectivity index (χ0) is 11.6. The molecule has 16 heavy (non-hydrogen) atoms. The highest BCUT2D eigenvalue weighted by Gasteiger charge is 2.57. The van der Waals surface area contributed by atoms with E-state index in [0.29, 0.717) is 24.6 Å². The lowest BCUT2D eigenvalue weighted by atomic mass is 10.1. The van der Waals surface area contributed by atoms with Crippen LogP contribution in [0.1, 0.15) is 12.8 Å². The fraction of sp³-hybridized carbons (Fsp3) is 0.800. The molecule has 2 fully saturated rings. The lowest BCUT2D eigenvalue weighted by Crippen LogP contribution is -2.41. The highest BCUT2D eigenvalue weighted by molar-refractivity contribution is 8.06. The summed E-state index contributed by atoms with van der Waals surface area (Å²) in [6.45, 7) is 0.603. The van der Waals surface area contributed by atoms with Crippen molar-refractivity contribution in [2.24, 2.45) is 5.41 Å². The van der Waals surface area contributed by atoms with E-state index in [1.165, 1.54) is 5.75 Å². The minimum absolute atomic E-state index is 0.295. The van der Waals surface area contributed by atoms with Gasteiger partial charge in [-0.15, -0.1) is 0 Å². The van der Waals surface area contributed by atoms with Gasteiger partial charge in [0.05, 0.1) is 0 Å². The van der Waals surface area contributed by atoms with Crippen molar-refractivity contribution in [2.75, 3.05) is 23.8 Å². The Morgan fingerprint density at radius 1 is 1.38 bits per heavy atom. The van der Waals surface area contributed by atoms with Gasteiger partial charge in [-0.2, -0.15) is 23.5 Å². The van der Waals surface area contributed by atoms with E-state index in [0.717, 1.165) is 11.5 Å². The molecule has 90 valence electrons. The third-order valence-electron chi connectivity index (χ3n) is 2.97. The van der Waals surface area contributed by atoms with Gasteiger partial charge in [0, 0.05) is 29.1 Å². The van der Waals surface area contributed by atoms with Gasteiger partial charge >= 0.3 is 5.97 Å². The average molecular weight is 261 g/mol. The Balaban J connectivity index is 1.77. The predicted octanol–water partition coefficient (Wildman–Crippen LogP) is 0.816. The van der Waals surface area contributed by atoms with Gasteiger partial charge in [-0.1, -0.05) is 0 Å². The fourth-order valence-electron chi connectivity index (χ4n) is 1.69.